The molecule has 0 fully saturated rings. The summed E-state index contributed by atoms with van der Waals surface area (Å²) in [6.07, 6.45) is 1.01. The number of hydrogen-bond acceptors (Lipinski definition) is 3. The Kier molecular flexibility index (Phi) is 5.64. The average Bonchev–Trinajstić information content (AvgIpc) is 2.53. The van der Waals surface area contributed by atoms with Crippen LogP contribution in [0.3, 0.4) is 0 Å². The number of rotatable bonds is 7. The lowest BCUT2D eigenvalue weighted by Gasteiger charge is -2.19. The molecule has 2 aromatic rings. The van der Waals surface area contributed by atoms with Gasteiger partial charge in [0.1, 0.15) is 5.75 Å². The normalized spacial score (nSPS) is 12.0. The van der Waals surface area contributed by atoms with Crippen molar-refractivity contribution in [3.63, 3.8) is 0 Å². The molecule has 3 heteroatoms. The quantitative estimate of drug-likeness (QED) is 0.817. The predicted octanol–water partition coefficient (Wildman–Crippen LogP) is 4.40. The van der Waals surface area contributed by atoms with Crippen LogP contribution in [0.2, 0.25) is 0 Å². The molecule has 1 N–H and O–H groups in total. The second-order valence-electron chi connectivity index (χ2n) is 5.01. The Bertz CT molecular complexity index is 551. The van der Waals surface area contributed by atoms with Crippen LogP contribution in [0.5, 0.6) is 5.75 Å². The van der Waals surface area contributed by atoms with Crippen LogP contribution in [0.1, 0.15) is 30.5 Å². The Morgan fingerprint density at radius 1 is 1.05 bits per heavy atom. The number of ether oxygens (including phenoxy) is 2. The highest BCUT2D eigenvalue weighted by Gasteiger charge is 2.09. The van der Waals surface area contributed by atoms with Crippen molar-refractivity contribution in [3.05, 3.63) is 59.7 Å². The Labute approximate surface area is 126 Å². The molecule has 0 bridgehead atoms. The van der Waals surface area contributed by atoms with Gasteiger partial charge in [0.25, 0.3) is 0 Å². The van der Waals surface area contributed by atoms with Crippen LogP contribution in [-0.4, -0.2) is 14.2 Å². The van der Waals surface area contributed by atoms with Crippen molar-refractivity contribution in [1.82, 2.24) is 0 Å². The molecular formula is C18H23NO2. The summed E-state index contributed by atoms with van der Waals surface area (Å²) < 4.78 is 10.4. The minimum absolute atomic E-state index is 0.286. The first-order valence-electron chi connectivity index (χ1n) is 7.25. The zero-order valence-corrected chi connectivity index (χ0v) is 12.9. The van der Waals surface area contributed by atoms with E-state index in [1.807, 2.05) is 12.1 Å². The number of hydrogen-bond donors (Lipinski definition) is 1. The molecule has 0 aliphatic rings. The summed E-state index contributed by atoms with van der Waals surface area (Å²) in [4.78, 5) is 0. The molecule has 1 atom stereocenters. The summed E-state index contributed by atoms with van der Waals surface area (Å²) in [5.41, 5.74) is 3.55. The Hall–Kier alpha value is -2.00. The minimum atomic E-state index is 0.286. The van der Waals surface area contributed by atoms with Gasteiger partial charge >= 0.3 is 0 Å². The van der Waals surface area contributed by atoms with Gasteiger partial charge in [-0.15, -0.1) is 0 Å². The number of nitrogens with one attached hydrogen (secondary N) is 1. The highest BCUT2D eigenvalue weighted by molar-refractivity contribution is 5.48. The fraction of sp³-hybridized carbons (Fsp3) is 0.333. The van der Waals surface area contributed by atoms with Crippen LogP contribution >= 0.6 is 0 Å². The lowest BCUT2D eigenvalue weighted by Crippen LogP contribution is -2.09. The van der Waals surface area contributed by atoms with E-state index in [2.05, 4.69) is 48.6 Å². The van der Waals surface area contributed by atoms with E-state index in [4.69, 9.17) is 9.47 Å². The standard InChI is InChI=1S/C18H23NO2/c1-4-18(15-8-10-17(21-3)11-9-15)19-16-7-5-6-14(12-16)13-20-2/h5-12,18-19H,4,13H2,1-3H3. The van der Waals surface area contributed by atoms with Gasteiger partial charge in [0.2, 0.25) is 0 Å². The smallest absolute Gasteiger partial charge is 0.118 e. The summed E-state index contributed by atoms with van der Waals surface area (Å²) in [7, 11) is 3.40. The Morgan fingerprint density at radius 2 is 1.81 bits per heavy atom. The molecule has 2 aromatic carbocycles. The molecule has 0 spiro atoms. The summed E-state index contributed by atoms with van der Waals surface area (Å²) in [5.74, 6) is 0.885. The summed E-state index contributed by atoms with van der Waals surface area (Å²) in [6.45, 7) is 2.82. The topological polar surface area (TPSA) is 30.5 Å². The first kappa shape index (κ1) is 15.4. The van der Waals surface area contributed by atoms with Crippen molar-refractivity contribution in [1.29, 1.82) is 0 Å². The molecule has 1 unspecified atom stereocenters. The van der Waals surface area contributed by atoms with E-state index in [1.54, 1.807) is 14.2 Å². The van der Waals surface area contributed by atoms with Crippen molar-refractivity contribution >= 4 is 5.69 Å². The maximum atomic E-state index is 5.21. The second kappa shape index (κ2) is 7.70. The van der Waals surface area contributed by atoms with E-state index < -0.39 is 0 Å². The van der Waals surface area contributed by atoms with Gasteiger partial charge in [-0.3, -0.25) is 0 Å². The molecule has 0 amide bonds. The van der Waals surface area contributed by atoms with E-state index in [9.17, 15) is 0 Å². The maximum Gasteiger partial charge on any atom is 0.118 e. The largest absolute Gasteiger partial charge is 0.497 e. The van der Waals surface area contributed by atoms with Crippen LogP contribution in [-0.2, 0) is 11.3 Å². The molecule has 21 heavy (non-hydrogen) atoms. The number of anilines is 1. The molecule has 2 rings (SSSR count). The molecule has 0 saturated carbocycles. The molecule has 3 nitrogen and oxygen atoms in total. The van der Waals surface area contributed by atoms with Crippen LogP contribution in [0.15, 0.2) is 48.5 Å². The van der Waals surface area contributed by atoms with Crippen molar-refractivity contribution in [2.75, 3.05) is 19.5 Å². The van der Waals surface area contributed by atoms with Gasteiger partial charge in [0.15, 0.2) is 0 Å². The third kappa shape index (κ3) is 4.23. The SMILES string of the molecule is CCC(Nc1cccc(COC)c1)c1ccc(OC)cc1. The van der Waals surface area contributed by atoms with Gasteiger partial charge in [-0.05, 0) is 41.8 Å². The van der Waals surface area contributed by atoms with Gasteiger partial charge in [-0.25, -0.2) is 0 Å². The van der Waals surface area contributed by atoms with Crippen molar-refractivity contribution in [3.8, 4) is 5.75 Å². The first-order valence-corrected chi connectivity index (χ1v) is 7.25. The van der Waals surface area contributed by atoms with E-state index in [-0.39, 0.29) is 6.04 Å². The van der Waals surface area contributed by atoms with Gasteiger partial charge in [-0.1, -0.05) is 31.2 Å². The minimum Gasteiger partial charge on any atom is -0.497 e. The molecule has 0 radical (unpaired) electrons. The van der Waals surface area contributed by atoms with Gasteiger partial charge in [0, 0.05) is 12.8 Å². The first-order chi connectivity index (χ1) is 10.3. The van der Waals surface area contributed by atoms with E-state index in [0.717, 1.165) is 17.9 Å². The van der Waals surface area contributed by atoms with Gasteiger partial charge in [-0.2, -0.15) is 0 Å². The van der Waals surface area contributed by atoms with Crippen molar-refractivity contribution < 1.29 is 9.47 Å². The van der Waals surface area contributed by atoms with Crippen LogP contribution < -0.4 is 10.1 Å². The monoisotopic (exact) mass is 285 g/mol. The highest BCUT2D eigenvalue weighted by atomic mass is 16.5. The fourth-order valence-corrected chi connectivity index (χ4v) is 2.38. The van der Waals surface area contributed by atoms with E-state index in [0.29, 0.717) is 6.61 Å². The zero-order valence-electron chi connectivity index (χ0n) is 12.9. The molecule has 112 valence electrons. The number of benzene rings is 2. The highest BCUT2D eigenvalue weighted by Crippen LogP contribution is 2.25. The van der Waals surface area contributed by atoms with E-state index in [1.165, 1.54) is 11.1 Å². The van der Waals surface area contributed by atoms with Crippen LogP contribution in [0, 0.1) is 0 Å². The van der Waals surface area contributed by atoms with E-state index >= 15 is 0 Å². The molecule has 0 aromatic heterocycles. The molecule has 0 aliphatic carbocycles. The van der Waals surface area contributed by atoms with Crippen LogP contribution in [0.4, 0.5) is 5.69 Å². The third-order valence-electron chi connectivity index (χ3n) is 3.51. The van der Waals surface area contributed by atoms with Gasteiger partial charge in [0.05, 0.1) is 19.8 Å². The Balaban J connectivity index is 2.12. The zero-order chi connectivity index (χ0) is 15.1. The van der Waals surface area contributed by atoms with Crippen molar-refractivity contribution in [2.45, 2.75) is 26.0 Å². The summed E-state index contributed by atoms with van der Waals surface area (Å²) in [6, 6.07) is 16.9. The third-order valence-corrected chi connectivity index (χ3v) is 3.51. The molecule has 0 heterocycles. The molecule has 0 saturated heterocycles. The summed E-state index contributed by atoms with van der Waals surface area (Å²) in [5, 5.41) is 3.58. The van der Waals surface area contributed by atoms with Crippen LogP contribution in [0.25, 0.3) is 0 Å². The van der Waals surface area contributed by atoms with Crippen molar-refractivity contribution in [2.24, 2.45) is 0 Å². The predicted molar refractivity (Wildman–Crippen MR) is 86.8 cm³/mol. The molecule has 0 aliphatic heterocycles. The maximum absolute atomic E-state index is 5.21. The fourth-order valence-electron chi connectivity index (χ4n) is 2.38. The summed E-state index contributed by atoms with van der Waals surface area (Å²) >= 11 is 0. The second-order valence-corrected chi connectivity index (χ2v) is 5.01. The lowest BCUT2D eigenvalue weighted by molar-refractivity contribution is 0.185. The van der Waals surface area contributed by atoms with Gasteiger partial charge < -0.3 is 14.8 Å². The molecular weight excluding hydrogens is 262 g/mol. The lowest BCUT2D eigenvalue weighted by atomic mass is 10.0. The Morgan fingerprint density at radius 3 is 2.43 bits per heavy atom. The number of methoxy groups -OCH3 is 2. The average molecular weight is 285 g/mol.